The molecule has 0 unspecified atom stereocenters. The first-order valence-electron chi connectivity index (χ1n) is 5.77. The lowest BCUT2D eigenvalue weighted by Gasteiger charge is -2.09. The van der Waals surface area contributed by atoms with E-state index in [1.165, 1.54) is 12.1 Å². The molecule has 0 saturated carbocycles. The van der Waals surface area contributed by atoms with Crippen molar-refractivity contribution in [2.75, 3.05) is 0 Å². The molecule has 0 radical (unpaired) electrons. The molecule has 0 spiro atoms. The Balaban J connectivity index is 2.40. The Bertz CT molecular complexity index is 557. The maximum atomic E-state index is 12.5. The Morgan fingerprint density at radius 3 is 2.26 bits per heavy atom. The zero-order chi connectivity index (χ0) is 14.0. The molecule has 19 heavy (non-hydrogen) atoms. The highest BCUT2D eigenvalue weighted by molar-refractivity contribution is 5.56. The highest BCUT2D eigenvalue weighted by atomic mass is 19.4. The van der Waals surface area contributed by atoms with Crippen LogP contribution in [0.2, 0.25) is 0 Å². The smallest absolute Gasteiger partial charge is 0.324 e. The molecule has 0 aliphatic rings. The number of alkyl halides is 3. The van der Waals surface area contributed by atoms with Gasteiger partial charge in [0.05, 0.1) is 12.1 Å². The largest absolute Gasteiger partial charge is 0.416 e. The van der Waals surface area contributed by atoms with Crippen molar-refractivity contribution in [3.05, 3.63) is 35.7 Å². The molecule has 0 aliphatic carbocycles. The molecule has 1 heterocycles. The van der Waals surface area contributed by atoms with Crippen molar-refractivity contribution in [1.82, 2.24) is 14.8 Å². The van der Waals surface area contributed by atoms with Crippen molar-refractivity contribution < 1.29 is 13.2 Å². The topological polar surface area (TPSA) is 56.7 Å². The summed E-state index contributed by atoms with van der Waals surface area (Å²) in [7, 11) is 0. The lowest BCUT2D eigenvalue weighted by atomic mass is 10.1. The Morgan fingerprint density at radius 1 is 1.16 bits per heavy atom. The van der Waals surface area contributed by atoms with Gasteiger partial charge in [-0.05, 0) is 19.1 Å². The first-order chi connectivity index (χ1) is 8.97. The van der Waals surface area contributed by atoms with Crippen molar-refractivity contribution in [3.8, 4) is 11.4 Å². The van der Waals surface area contributed by atoms with E-state index in [0.29, 0.717) is 23.8 Å². The molecule has 0 atom stereocenters. The Morgan fingerprint density at radius 2 is 1.79 bits per heavy atom. The van der Waals surface area contributed by atoms with Crippen LogP contribution in [0, 0.1) is 0 Å². The fourth-order valence-electron chi connectivity index (χ4n) is 1.84. The van der Waals surface area contributed by atoms with Crippen molar-refractivity contribution in [1.29, 1.82) is 0 Å². The van der Waals surface area contributed by atoms with Crippen LogP contribution >= 0.6 is 0 Å². The molecule has 102 valence electrons. The molecular weight excluding hydrogens is 257 g/mol. The van der Waals surface area contributed by atoms with Gasteiger partial charge in [-0.1, -0.05) is 12.1 Å². The van der Waals surface area contributed by atoms with Crippen LogP contribution in [0.5, 0.6) is 0 Å². The Hall–Kier alpha value is -1.89. The second-order valence-electron chi connectivity index (χ2n) is 3.96. The van der Waals surface area contributed by atoms with Gasteiger partial charge in [-0.15, -0.1) is 10.2 Å². The molecule has 2 aromatic rings. The maximum Gasteiger partial charge on any atom is 0.416 e. The third kappa shape index (κ3) is 2.60. The number of rotatable bonds is 3. The number of hydrogen-bond donors (Lipinski definition) is 1. The third-order valence-electron chi connectivity index (χ3n) is 2.80. The predicted octanol–water partition coefficient (Wildman–Crippen LogP) is 2.44. The average molecular weight is 270 g/mol. The van der Waals surface area contributed by atoms with Gasteiger partial charge < -0.3 is 10.3 Å². The standard InChI is InChI=1S/C12H13F3N4/c1-2-19-10(7-16)17-18-11(19)8-3-5-9(6-4-8)12(13,14)15/h3-6H,2,7,16H2,1H3. The quantitative estimate of drug-likeness (QED) is 0.932. The van der Waals surface area contributed by atoms with Crippen LogP contribution in [-0.2, 0) is 19.3 Å². The van der Waals surface area contributed by atoms with E-state index in [-0.39, 0.29) is 6.54 Å². The summed E-state index contributed by atoms with van der Waals surface area (Å²) in [5.74, 6) is 1.13. The molecule has 2 rings (SSSR count). The molecule has 0 saturated heterocycles. The summed E-state index contributed by atoms with van der Waals surface area (Å²) in [5.41, 5.74) is 5.43. The molecule has 7 heteroatoms. The molecule has 1 aromatic carbocycles. The normalized spacial score (nSPS) is 11.8. The van der Waals surface area contributed by atoms with Gasteiger partial charge in [-0.2, -0.15) is 13.2 Å². The zero-order valence-electron chi connectivity index (χ0n) is 10.3. The minimum Gasteiger partial charge on any atom is -0.324 e. The van der Waals surface area contributed by atoms with E-state index in [2.05, 4.69) is 10.2 Å². The minimum atomic E-state index is -4.33. The van der Waals surface area contributed by atoms with Gasteiger partial charge in [-0.3, -0.25) is 0 Å². The van der Waals surface area contributed by atoms with Gasteiger partial charge in [0.15, 0.2) is 5.82 Å². The average Bonchev–Trinajstić information content (AvgIpc) is 2.80. The van der Waals surface area contributed by atoms with Crippen LogP contribution in [0.3, 0.4) is 0 Å². The molecule has 4 nitrogen and oxygen atoms in total. The minimum absolute atomic E-state index is 0.238. The fraction of sp³-hybridized carbons (Fsp3) is 0.333. The SMILES string of the molecule is CCn1c(CN)nnc1-c1ccc(C(F)(F)F)cc1. The van der Waals surface area contributed by atoms with Crippen LogP contribution in [0.25, 0.3) is 11.4 Å². The third-order valence-corrected chi connectivity index (χ3v) is 2.80. The zero-order valence-corrected chi connectivity index (χ0v) is 10.3. The van der Waals surface area contributed by atoms with Gasteiger partial charge >= 0.3 is 6.18 Å². The molecule has 0 aliphatic heterocycles. The number of hydrogen-bond acceptors (Lipinski definition) is 3. The molecule has 2 N–H and O–H groups in total. The van der Waals surface area contributed by atoms with Crippen LogP contribution in [-0.4, -0.2) is 14.8 Å². The number of nitrogens with two attached hydrogens (primary N) is 1. The number of aromatic nitrogens is 3. The van der Waals surface area contributed by atoms with E-state index < -0.39 is 11.7 Å². The summed E-state index contributed by atoms with van der Waals surface area (Å²) < 4.78 is 39.2. The molecule has 1 aromatic heterocycles. The fourth-order valence-corrected chi connectivity index (χ4v) is 1.84. The van der Waals surface area contributed by atoms with E-state index in [1.807, 2.05) is 6.92 Å². The number of nitrogens with zero attached hydrogens (tertiary/aromatic N) is 3. The summed E-state index contributed by atoms with van der Waals surface area (Å²) in [4.78, 5) is 0. The van der Waals surface area contributed by atoms with Gasteiger partial charge in [0.2, 0.25) is 0 Å². The number of halogens is 3. The van der Waals surface area contributed by atoms with Gasteiger partial charge in [0.1, 0.15) is 5.82 Å². The highest BCUT2D eigenvalue weighted by Gasteiger charge is 2.30. The van der Waals surface area contributed by atoms with Crippen molar-refractivity contribution in [3.63, 3.8) is 0 Å². The van der Waals surface area contributed by atoms with E-state index in [0.717, 1.165) is 12.1 Å². The van der Waals surface area contributed by atoms with Crippen LogP contribution < -0.4 is 5.73 Å². The van der Waals surface area contributed by atoms with E-state index in [4.69, 9.17) is 5.73 Å². The van der Waals surface area contributed by atoms with Crippen LogP contribution in [0.4, 0.5) is 13.2 Å². The highest BCUT2D eigenvalue weighted by Crippen LogP contribution is 2.30. The molecular formula is C12H13F3N4. The molecule has 0 bridgehead atoms. The van der Waals surface area contributed by atoms with Crippen LogP contribution in [0.15, 0.2) is 24.3 Å². The van der Waals surface area contributed by atoms with Crippen molar-refractivity contribution in [2.45, 2.75) is 26.2 Å². The summed E-state index contributed by atoms with van der Waals surface area (Å²) in [6.45, 7) is 2.74. The Kier molecular flexibility index (Phi) is 3.57. The van der Waals surface area contributed by atoms with Crippen molar-refractivity contribution in [2.24, 2.45) is 5.73 Å². The molecule has 0 fully saturated rings. The lowest BCUT2D eigenvalue weighted by molar-refractivity contribution is -0.137. The van der Waals surface area contributed by atoms with Crippen molar-refractivity contribution >= 4 is 0 Å². The first-order valence-corrected chi connectivity index (χ1v) is 5.77. The van der Waals surface area contributed by atoms with E-state index >= 15 is 0 Å². The van der Waals surface area contributed by atoms with Crippen LogP contribution in [0.1, 0.15) is 18.3 Å². The Labute approximate surface area is 108 Å². The second kappa shape index (κ2) is 5.00. The summed E-state index contributed by atoms with van der Waals surface area (Å²) >= 11 is 0. The summed E-state index contributed by atoms with van der Waals surface area (Å²) in [6, 6.07) is 4.84. The monoisotopic (exact) mass is 270 g/mol. The predicted molar refractivity (Wildman–Crippen MR) is 64.0 cm³/mol. The number of benzene rings is 1. The van der Waals surface area contributed by atoms with E-state index in [1.54, 1.807) is 4.57 Å². The van der Waals surface area contributed by atoms with E-state index in [9.17, 15) is 13.2 Å². The van der Waals surface area contributed by atoms with Gasteiger partial charge in [0, 0.05) is 12.1 Å². The second-order valence-corrected chi connectivity index (χ2v) is 3.96. The molecule has 0 amide bonds. The maximum absolute atomic E-state index is 12.5. The summed E-state index contributed by atoms with van der Waals surface area (Å²) in [6.07, 6.45) is -4.33. The van der Waals surface area contributed by atoms with Gasteiger partial charge in [0.25, 0.3) is 0 Å². The lowest BCUT2D eigenvalue weighted by Crippen LogP contribution is -2.08. The van der Waals surface area contributed by atoms with Gasteiger partial charge in [-0.25, -0.2) is 0 Å². The summed E-state index contributed by atoms with van der Waals surface area (Å²) in [5, 5.41) is 7.89. The first kappa shape index (κ1) is 13.5.